The van der Waals surface area contributed by atoms with E-state index in [0.717, 1.165) is 10.9 Å². The first-order valence-electron chi connectivity index (χ1n) is 4.57. The Bertz CT molecular complexity index is 586. The van der Waals surface area contributed by atoms with Crippen molar-refractivity contribution >= 4 is 22.6 Å². The normalized spacial score (nSPS) is 11.3. The van der Waals surface area contributed by atoms with Crippen LogP contribution in [0.15, 0.2) is 34.6 Å². The zero-order valence-corrected chi connectivity index (χ0v) is 8.58. The van der Waals surface area contributed by atoms with Crippen molar-refractivity contribution in [2.45, 2.75) is 0 Å². The lowest BCUT2D eigenvalue weighted by molar-refractivity contribution is 0.255. The fraction of sp³-hybridized carbons (Fsp3) is 0.100. The van der Waals surface area contributed by atoms with Crippen molar-refractivity contribution in [2.75, 3.05) is 0 Å². The van der Waals surface area contributed by atoms with Gasteiger partial charge in [-0.05, 0) is 12.1 Å². The zero-order chi connectivity index (χ0) is 11.7. The molecule has 0 bridgehead atoms. The standard InChI is InChI=1S/C10H10N4O2/c1-14-3-2-6-4-7(12-13-10(11)16)9(15)5-8(6)14/h2-5,15H,1H3,(H2,11,16). The van der Waals surface area contributed by atoms with Gasteiger partial charge in [0.1, 0.15) is 11.4 Å². The summed E-state index contributed by atoms with van der Waals surface area (Å²) in [5.74, 6) is -0.0423. The number of primary amides is 1. The van der Waals surface area contributed by atoms with Crippen LogP contribution in [0, 0.1) is 0 Å². The molecule has 2 amide bonds. The largest absolute Gasteiger partial charge is 0.506 e. The highest BCUT2D eigenvalue weighted by Crippen LogP contribution is 2.32. The molecule has 3 N–H and O–H groups in total. The molecule has 1 aromatic carbocycles. The maximum atomic E-state index is 10.4. The molecular weight excluding hydrogens is 208 g/mol. The van der Waals surface area contributed by atoms with Gasteiger partial charge >= 0.3 is 6.03 Å². The molecule has 16 heavy (non-hydrogen) atoms. The Morgan fingerprint density at radius 3 is 2.94 bits per heavy atom. The van der Waals surface area contributed by atoms with Crippen LogP contribution in [0.4, 0.5) is 10.5 Å². The maximum absolute atomic E-state index is 10.4. The molecule has 0 unspecified atom stereocenters. The van der Waals surface area contributed by atoms with Crippen molar-refractivity contribution in [3.8, 4) is 5.75 Å². The van der Waals surface area contributed by atoms with Crippen LogP contribution in [0.2, 0.25) is 0 Å². The van der Waals surface area contributed by atoms with E-state index in [0.29, 0.717) is 0 Å². The van der Waals surface area contributed by atoms with Crippen LogP contribution in [0.3, 0.4) is 0 Å². The van der Waals surface area contributed by atoms with E-state index >= 15 is 0 Å². The molecule has 0 radical (unpaired) electrons. The van der Waals surface area contributed by atoms with Gasteiger partial charge in [0.05, 0.1) is 5.52 Å². The highest BCUT2D eigenvalue weighted by Gasteiger charge is 2.05. The first-order valence-corrected chi connectivity index (χ1v) is 4.57. The number of aryl methyl sites for hydroxylation is 1. The number of azo groups is 1. The van der Waals surface area contributed by atoms with E-state index in [1.807, 2.05) is 23.9 Å². The van der Waals surface area contributed by atoms with Crippen molar-refractivity contribution in [1.82, 2.24) is 4.57 Å². The van der Waals surface area contributed by atoms with E-state index in [1.165, 1.54) is 0 Å². The number of phenols is 1. The first kappa shape index (κ1) is 10.2. The zero-order valence-electron chi connectivity index (χ0n) is 8.58. The van der Waals surface area contributed by atoms with Crippen LogP contribution in [-0.2, 0) is 7.05 Å². The van der Waals surface area contributed by atoms with Crippen LogP contribution in [0.1, 0.15) is 0 Å². The average Bonchev–Trinajstić information content (AvgIpc) is 2.57. The summed E-state index contributed by atoms with van der Waals surface area (Å²) in [5, 5.41) is 17.3. The second kappa shape index (κ2) is 3.65. The molecule has 1 heterocycles. The van der Waals surface area contributed by atoms with Crippen molar-refractivity contribution in [2.24, 2.45) is 23.0 Å². The maximum Gasteiger partial charge on any atom is 0.356 e. The second-order valence-electron chi connectivity index (χ2n) is 3.36. The van der Waals surface area contributed by atoms with Crippen molar-refractivity contribution in [1.29, 1.82) is 0 Å². The summed E-state index contributed by atoms with van der Waals surface area (Å²) in [7, 11) is 1.87. The first-order chi connectivity index (χ1) is 7.58. The molecule has 0 saturated carbocycles. The molecule has 0 aliphatic carbocycles. The number of nitrogens with two attached hydrogens (primary N) is 1. The summed E-state index contributed by atoms with van der Waals surface area (Å²) in [6.45, 7) is 0. The number of hydrogen-bond acceptors (Lipinski definition) is 3. The van der Waals surface area contributed by atoms with Crippen molar-refractivity contribution in [3.63, 3.8) is 0 Å². The van der Waals surface area contributed by atoms with Gasteiger partial charge in [0.25, 0.3) is 0 Å². The molecule has 2 aromatic rings. The van der Waals surface area contributed by atoms with E-state index in [4.69, 9.17) is 5.73 Å². The molecule has 0 atom stereocenters. The van der Waals surface area contributed by atoms with E-state index in [9.17, 15) is 9.90 Å². The molecule has 0 saturated heterocycles. The van der Waals surface area contributed by atoms with Gasteiger partial charge < -0.3 is 15.4 Å². The molecule has 6 heteroatoms. The number of carbonyl (C=O) groups is 1. The summed E-state index contributed by atoms with van der Waals surface area (Å²) < 4.78 is 1.87. The molecule has 6 nitrogen and oxygen atoms in total. The number of benzene rings is 1. The number of rotatable bonds is 1. The summed E-state index contributed by atoms with van der Waals surface area (Å²) in [4.78, 5) is 10.4. The number of fused-ring (bicyclic) bond motifs is 1. The Kier molecular flexibility index (Phi) is 2.32. The number of amides is 2. The monoisotopic (exact) mass is 218 g/mol. The Hall–Kier alpha value is -2.37. The van der Waals surface area contributed by atoms with Crippen LogP contribution in [0.25, 0.3) is 10.9 Å². The van der Waals surface area contributed by atoms with Crippen LogP contribution >= 0.6 is 0 Å². The summed E-state index contributed by atoms with van der Waals surface area (Å²) in [6, 6.07) is 4.17. The lowest BCUT2D eigenvalue weighted by atomic mass is 10.2. The van der Waals surface area contributed by atoms with Gasteiger partial charge in [-0.25, -0.2) is 4.79 Å². The van der Waals surface area contributed by atoms with Gasteiger partial charge in [-0.1, -0.05) is 5.11 Å². The number of carbonyl (C=O) groups excluding carboxylic acids is 1. The number of aromatic nitrogens is 1. The minimum Gasteiger partial charge on any atom is -0.506 e. The SMILES string of the molecule is Cn1ccc2cc(N=NC(N)=O)c(O)cc21. The lowest BCUT2D eigenvalue weighted by Crippen LogP contribution is -2.01. The summed E-state index contributed by atoms with van der Waals surface area (Å²) >= 11 is 0. The molecule has 0 aliphatic heterocycles. The second-order valence-corrected chi connectivity index (χ2v) is 3.36. The highest BCUT2D eigenvalue weighted by atomic mass is 16.3. The third-order valence-electron chi connectivity index (χ3n) is 2.24. The van der Waals surface area contributed by atoms with Gasteiger partial charge in [0, 0.05) is 24.7 Å². The van der Waals surface area contributed by atoms with Crippen LogP contribution < -0.4 is 5.73 Å². The molecule has 0 spiro atoms. The number of phenolic OH excluding ortho intramolecular Hbond substituents is 1. The van der Waals surface area contributed by atoms with E-state index < -0.39 is 6.03 Å². The van der Waals surface area contributed by atoms with Gasteiger partial charge in [0.15, 0.2) is 0 Å². The number of nitrogens with zero attached hydrogens (tertiary/aromatic N) is 3. The van der Waals surface area contributed by atoms with Crippen LogP contribution in [0.5, 0.6) is 5.75 Å². The fourth-order valence-electron chi connectivity index (χ4n) is 1.48. The predicted molar refractivity (Wildman–Crippen MR) is 58.7 cm³/mol. The Morgan fingerprint density at radius 2 is 2.25 bits per heavy atom. The summed E-state index contributed by atoms with van der Waals surface area (Å²) in [6.07, 6.45) is 1.86. The molecule has 2 rings (SSSR count). The number of hydrogen-bond donors (Lipinski definition) is 2. The lowest BCUT2D eigenvalue weighted by Gasteiger charge is -2.00. The fourth-order valence-corrected chi connectivity index (χ4v) is 1.48. The topological polar surface area (TPSA) is 93.0 Å². The highest BCUT2D eigenvalue weighted by molar-refractivity contribution is 5.86. The summed E-state index contributed by atoms with van der Waals surface area (Å²) in [5.41, 5.74) is 5.91. The van der Waals surface area contributed by atoms with E-state index in [-0.39, 0.29) is 11.4 Å². The Morgan fingerprint density at radius 1 is 1.50 bits per heavy atom. The molecule has 1 aromatic heterocycles. The Balaban J connectivity index is 2.55. The smallest absolute Gasteiger partial charge is 0.356 e. The van der Waals surface area contributed by atoms with Gasteiger partial charge in [0.2, 0.25) is 0 Å². The van der Waals surface area contributed by atoms with Gasteiger partial charge in [-0.2, -0.15) is 0 Å². The van der Waals surface area contributed by atoms with Crippen molar-refractivity contribution < 1.29 is 9.90 Å². The Labute approximate surface area is 91.0 Å². The number of aromatic hydroxyl groups is 1. The van der Waals surface area contributed by atoms with E-state index in [2.05, 4.69) is 10.2 Å². The van der Waals surface area contributed by atoms with E-state index in [1.54, 1.807) is 12.1 Å². The molecule has 82 valence electrons. The number of urea groups is 1. The van der Waals surface area contributed by atoms with Gasteiger partial charge in [-0.3, -0.25) is 0 Å². The average molecular weight is 218 g/mol. The minimum absolute atomic E-state index is 0.0423. The quantitative estimate of drug-likeness (QED) is 0.716. The van der Waals surface area contributed by atoms with Crippen molar-refractivity contribution in [3.05, 3.63) is 24.4 Å². The predicted octanol–water partition coefficient (Wildman–Crippen LogP) is 2.05. The third kappa shape index (κ3) is 1.72. The minimum atomic E-state index is -0.896. The molecule has 0 fully saturated rings. The van der Waals surface area contributed by atoms with Crippen LogP contribution in [-0.4, -0.2) is 15.7 Å². The van der Waals surface area contributed by atoms with Gasteiger partial charge in [-0.15, -0.1) is 5.11 Å². The third-order valence-corrected chi connectivity index (χ3v) is 2.24. The molecular formula is C10H10N4O2. The molecule has 0 aliphatic rings.